The molecule has 0 aliphatic carbocycles. The van der Waals surface area contributed by atoms with Crippen LogP contribution >= 0.6 is 11.6 Å². The van der Waals surface area contributed by atoms with E-state index in [0.29, 0.717) is 16.6 Å². The summed E-state index contributed by atoms with van der Waals surface area (Å²) < 4.78 is 13.9. The molecule has 0 radical (unpaired) electrons. The SMILES string of the molecule is Cc1cc(-c2cc(N3CCN(c4ncccc4Cl)C[C@H]3C)nc(N3CCC3C)n2)ccc1F. The highest BCUT2D eigenvalue weighted by Gasteiger charge is 2.30. The molecule has 0 N–H and O–H groups in total. The van der Waals surface area contributed by atoms with Crippen LogP contribution in [0.25, 0.3) is 11.3 Å². The molecule has 2 aromatic heterocycles. The molecule has 1 aromatic carbocycles. The quantitative estimate of drug-likeness (QED) is 0.542. The number of rotatable bonds is 4. The first kappa shape index (κ1) is 21.9. The highest BCUT2D eigenvalue weighted by Crippen LogP contribution is 2.32. The van der Waals surface area contributed by atoms with Crippen LogP contribution in [0, 0.1) is 12.7 Å². The molecule has 6 nitrogen and oxygen atoms in total. The largest absolute Gasteiger partial charge is 0.352 e. The number of benzene rings is 1. The third kappa shape index (κ3) is 4.22. The summed E-state index contributed by atoms with van der Waals surface area (Å²) in [7, 11) is 0. The second-order valence-corrected chi connectivity index (χ2v) is 9.41. The Kier molecular flexibility index (Phi) is 5.83. The molecular formula is C25H28ClFN6. The molecule has 172 valence electrons. The third-order valence-corrected chi connectivity index (χ3v) is 6.99. The van der Waals surface area contributed by atoms with E-state index >= 15 is 0 Å². The molecule has 0 amide bonds. The fraction of sp³-hybridized carbons (Fsp3) is 0.400. The van der Waals surface area contributed by atoms with Crippen molar-refractivity contribution in [3.05, 3.63) is 59.0 Å². The van der Waals surface area contributed by atoms with Crippen molar-refractivity contribution in [2.45, 2.75) is 39.3 Å². The number of aromatic nitrogens is 3. The molecule has 0 saturated carbocycles. The van der Waals surface area contributed by atoms with Crippen LogP contribution in [0.3, 0.4) is 0 Å². The summed E-state index contributed by atoms with van der Waals surface area (Å²) in [5.74, 6) is 2.26. The van der Waals surface area contributed by atoms with Crippen molar-refractivity contribution in [2.24, 2.45) is 0 Å². The zero-order valence-electron chi connectivity index (χ0n) is 19.2. The van der Waals surface area contributed by atoms with Crippen molar-refractivity contribution in [1.29, 1.82) is 0 Å². The Balaban J connectivity index is 1.47. The third-order valence-electron chi connectivity index (χ3n) is 6.69. The van der Waals surface area contributed by atoms with Gasteiger partial charge in [0.1, 0.15) is 17.5 Å². The Morgan fingerprint density at radius 3 is 2.52 bits per heavy atom. The van der Waals surface area contributed by atoms with E-state index in [1.54, 1.807) is 19.2 Å². The van der Waals surface area contributed by atoms with Crippen LogP contribution in [0.5, 0.6) is 0 Å². The van der Waals surface area contributed by atoms with Crippen molar-refractivity contribution in [1.82, 2.24) is 15.0 Å². The topological polar surface area (TPSA) is 48.4 Å². The molecule has 0 spiro atoms. The lowest BCUT2D eigenvalue weighted by Crippen LogP contribution is -2.53. The van der Waals surface area contributed by atoms with Gasteiger partial charge < -0.3 is 14.7 Å². The number of nitrogens with zero attached hydrogens (tertiary/aromatic N) is 6. The lowest BCUT2D eigenvalue weighted by molar-refractivity contribution is 0.469. The summed E-state index contributed by atoms with van der Waals surface area (Å²) in [5.41, 5.74) is 2.33. The number of aryl methyl sites for hydroxylation is 1. The van der Waals surface area contributed by atoms with E-state index in [9.17, 15) is 4.39 Å². The van der Waals surface area contributed by atoms with Crippen molar-refractivity contribution < 1.29 is 4.39 Å². The first-order chi connectivity index (χ1) is 15.9. The van der Waals surface area contributed by atoms with Crippen LogP contribution in [0.4, 0.5) is 22.0 Å². The van der Waals surface area contributed by atoms with Crippen molar-refractivity contribution in [3.8, 4) is 11.3 Å². The van der Waals surface area contributed by atoms with E-state index in [4.69, 9.17) is 21.6 Å². The summed E-state index contributed by atoms with van der Waals surface area (Å²) in [6.45, 7) is 9.50. The minimum Gasteiger partial charge on any atom is -0.352 e. The highest BCUT2D eigenvalue weighted by atomic mass is 35.5. The van der Waals surface area contributed by atoms with Gasteiger partial charge in [0.05, 0.1) is 10.7 Å². The molecule has 2 atom stereocenters. The summed E-state index contributed by atoms with van der Waals surface area (Å²) >= 11 is 6.39. The summed E-state index contributed by atoms with van der Waals surface area (Å²) in [4.78, 5) is 21.1. The molecular weight excluding hydrogens is 439 g/mol. The zero-order valence-corrected chi connectivity index (χ0v) is 19.9. The van der Waals surface area contributed by atoms with Gasteiger partial charge >= 0.3 is 0 Å². The minimum absolute atomic E-state index is 0.205. The molecule has 0 bridgehead atoms. The van der Waals surface area contributed by atoms with Gasteiger partial charge in [0, 0.05) is 56.1 Å². The molecule has 2 saturated heterocycles. The van der Waals surface area contributed by atoms with Crippen molar-refractivity contribution in [2.75, 3.05) is 40.9 Å². The van der Waals surface area contributed by atoms with Gasteiger partial charge in [-0.15, -0.1) is 0 Å². The number of piperazine rings is 1. The number of hydrogen-bond acceptors (Lipinski definition) is 6. The summed E-state index contributed by atoms with van der Waals surface area (Å²) in [5, 5.41) is 0.670. The van der Waals surface area contributed by atoms with Crippen molar-refractivity contribution >= 4 is 29.2 Å². The Morgan fingerprint density at radius 2 is 1.85 bits per heavy atom. The monoisotopic (exact) mass is 466 g/mol. The molecule has 4 heterocycles. The minimum atomic E-state index is -0.206. The van der Waals surface area contributed by atoms with E-state index in [2.05, 4.69) is 33.5 Å². The normalized spacial score (nSPS) is 20.7. The summed E-state index contributed by atoms with van der Waals surface area (Å²) in [6.07, 6.45) is 2.92. The maximum atomic E-state index is 13.9. The van der Waals surface area contributed by atoms with Crippen molar-refractivity contribution in [3.63, 3.8) is 0 Å². The number of anilines is 3. The van der Waals surface area contributed by atoms with E-state index < -0.39 is 0 Å². The van der Waals surface area contributed by atoms with Crippen LogP contribution in [-0.2, 0) is 0 Å². The van der Waals surface area contributed by atoms with Gasteiger partial charge in [-0.1, -0.05) is 11.6 Å². The van der Waals surface area contributed by atoms with Gasteiger partial charge in [-0.2, -0.15) is 4.98 Å². The Bertz CT molecular complexity index is 1170. The Labute approximate surface area is 199 Å². The number of pyridine rings is 1. The molecule has 5 rings (SSSR count). The highest BCUT2D eigenvalue weighted by molar-refractivity contribution is 6.32. The molecule has 8 heteroatoms. The average molecular weight is 467 g/mol. The first-order valence-corrected chi connectivity index (χ1v) is 11.8. The van der Waals surface area contributed by atoms with Crippen LogP contribution in [0.2, 0.25) is 5.02 Å². The van der Waals surface area contributed by atoms with Gasteiger partial charge in [-0.25, -0.2) is 14.4 Å². The fourth-order valence-corrected chi connectivity index (χ4v) is 4.80. The predicted octanol–water partition coefficient (Wildman–Crippen LogP) is 4.95. The van der Waals surface area contributed by atoms with Gasteiger partial charge in [-0.05, 0) is 63.1 Å². The maximum absolute atomic E-state index is 13.9. The van der Waals surface area contributed by atoms with Gasteiger partial charge in [0.2, 0.25) is 5.95 Å². The molecule has 33 heavy (non-hydrogen) atoms. The Morgan fingerprint density at radius 1 is 1.00 bits per heavy atom. The molecule has 2 fully saturated rings. The van der Waals surface area contributed by atoms with Gasteiger partial charge in [0.15, 0.2) is 0 Å². The standard InChI is InChI=1S/C25H28ClFN6/c1-16-13-19(6-7-21(16)27)22-14-23(30-25(29-22)33-10-8-17(33)2)32-12-11-31(15-18(32)3)24-20(26)5-4-9-28-24/h4-7,9,13-14,17-18H,8,10-12,15H2,1-3H3/t17?,18-/m1/s1. The smallest absolute Gasteiger partial charge is 0.228 e. The average Bonchev–Trinajstić information content (AvgIpc) is 2.80. The second-order valence-electron chi connectivity index (χ2n) is 9.00. The molecule has 3 aromatic rings. The maximum Gasteiger partial charge on any atom is 0.228 e. The number of hydrogen-bond donors (Lipinski definition) is 0. The van der Waals surface area contributed by atoms with Gasteiger partial charge in [-0.3, -0.25) is 0 Å². The van der Waals surface area contributed by atoms with Crippen LogP contribution in [-0.4, -0.2) is 53.2 Å². The molecule has 2 aliphatic rings. The van der Waals surface area contributed by atoms with Crippen LogP contribution < -0.4 is 14.7 Å². The van der Waals surface area contributed by atoms with Crippen LogP contribution in [0.1, 0.15) is 25.8 Å². The predicted molar refractivity (Wildman–Crippen MR) is 132 cm³/mol. The first-order valence-electron chi connectivity index (χ1n) is 11.4. The fourth-order valence-electron chi connectivity index (χ4n) is 4.56. The van der Waals surface area contributed by atoms with E-state index in [1.165, 1.54) is 6.07 Å². The summed E-state index contributed by atoms with van der Waals surface area (Å²) in [6, 6.07) is 11.5. The van der Waals surface area contributed by atoms with E-state index in [1.807, 2.05) is 24.3 Å². The lowest BCUT2D eigenvalue weighted by atomic mass is 10.1. The second kappa shape index (κ2) is 8.78. The van der Waals surface area contributed by atoms with E-state index in [0.717, 1.165) is 61.4 Å². The lowest BCUT2D eigenvalue weighted by Gasteiger charge is -2.42. The molecule has 2 aliphatic heterocycles. The van der Waals surface area contributed by atoms with E-state index in [-0.39, 0.29) is 11.9 Å². The molecule has 1 unspecified atom stereocenters. The Hall–Kier alpha value is -2.93. The zero-order chi connectivity index (χ0) is 23.1. The van der Waals surface area contributed by atoms with Gasteiger partial charge in [0.25, 0.3) is 0 Å². The number of halogens is 2. The van der Waals surface area contributed by atoms with Crippen LogP contribution in [0.15, 0.2) is 42.6 Å².